The van der Waals surface area contributed by atoms with Gasteiger partial charge in [0.05, 0.1) is 18.1 Å². The van der Waals surface area contributed by atoms with E-state index in [9.17, 15) is 15.2 Å². The van der Waals surface area contributed by atoms with Crippen molar-refractivity contribution in [3.63, 3.8) is 0 Å². The average Bonchev–Trinajstić information content (AvgIpc) is 2.92. The van der Waals surface area contributed by atoms with Gasteiger partial charge in [-0.05, 0) is 23.6 Å². The molecule has 1 aromatic heterocycles. The number of nitro groups is 1. The standard InChI is InChI=1S/C13H13NO4S/c1-18-10-4-5-11(14(16)17)9(7-10)8-12(15)13-3-2-6-19-13/h2-7,12,15H,8H2,1H3. The molecule has 0 fully saturated rings. The first kappa shape index (κ1) is 13.5. The summed E-state index contributed by atoms with van der Waals surface area (Å²) in [7, 11) is 1.50. The molecule has 0 amide bonds. The summed E-state index contributed by atoms with van der Waals surface area (Å²) in [5.41, 5.74) is 0.460. The number of thiophene rings is 1. The van der Waals surface area contributed by atoms with Gasteiger partial charge in [-0.1, -0.05) is 6.07 Å². The zero-order valence-corrected chi connectivity index (χ0v) is 11.1. The third-order valence-corrected chi connectivity index (χ3v) is 3.74. The number of rotatable bonds is 5. The van der Waals surface area contributed by atoms with Gasteiger partial charge in [0.15, 0.2) is 0 Å². The van der Waals surface area contributed by atoms with Gasteiger partial charge in [0.25, 0.3) is 5.69 Å². The highest BCUT2D eigenvalue weighted by Gasteiger charge is 2.19. The van der Waals surface area contributed by atoms with Crippen LogP contribution in [0.15, 0.2) is 35.7 Å². The molecule has 6 heteroatoms. The SMILES string of the molecule is COc1ccc([N+](=O)[O-])c(CC(O)c2cccs2)c1. The van der Waals surface area contributed by atoms with E-state index in [0.717, 1.165) is 4.88 Å². The quantitative estimate of drug-likeness (QED) is 0.674. The highest BCUT2D eigenvalue weighted by Crippen LogP contribution is 2.29. The molecular weight excluding hydrogens is 266 g/mol. The summed E-state index contributed by atoms with van der Waals surface area (Å²) >= 11 is 1.42. The molecule has 1 heterocycles. The van der Waals surface area contributed by atoms with Crippen molar-refractivity contribution in [1.82, 2.24) is 0 Å². The Labute approximate surface area is 114 Å². The number of hydrogen-bond donors (Lipinski definition) is 1. The maximum atomic E-state index is 11.0. The van der Waals surface area contributed by atoms with Crippen molar-refractivity contribution in [3.05, 3.63) is 56.3 Å². The van der Waals surface area contributed by atoms with Gasteiger partial charge in [0, 0.05) is 22.9 Å². The lowest BCUT2D eigenvalue weighted by Gasteiger charge is -2.10. The number of benzene rings is 1. The molecule has 2 aromatic rings. The van der Waals surface area contributed by atoms with Gasteiger partial charge in [-0.15, -0.1) is 11.3 Å². The molecule has 1 aromatic carbocycles. The number of ether oxygens (including phenoxy) is 1. The molecule has 0 bridgehead atoms. The van der Waals surface area contributed by atoms with E-state index in [4.69, 9.17) is 4.74 Å². The average molecular weight is 279 g/mol. The predicted molar refractivity (Wildman–Crippen MR) is 72.6 cm³/mol. The van der Waals surface area contributed by atoms with Gasteiger partial charge in [0.1, 0.15) is 5.75 Å². The molecule has 5 nitrogen and oxygen atoms in total. The van der Waals surface area contributed by atoms with Gasteiger partial charge < -0.3 is 9.84 Å². The second-order valence-electron chi connectivity index (χ2n) is 3.99. The first-order valence-electron chi connectivity index (χ1n) is 5.64. The summed E-state index contributed by atoms with van der Waals surface area (Å²) < 4.78 is 5.06. The van der Waals surface area contributed by atoms with E-state index in [1.54, 1.807) is 18.2 Å². The summed E-state index contributed by atoms with van der Waals surface area (Å²) in [6, 6.07) is 8.17. The van der Waals surface area contributed by atoms with Gasteiger partial charge >= 0.3 is 0 Å². The molecule has 0 radical (unpaired) electrons. The number of aliphatic hydroxyl groups excluding tert-OH is 1. The summed E-state index contributed by atoms with van der Waals surface area (Å²) in [6.07, 6.45) is -0.556. The van der Waals surface area contributed by atoms with Crippen LogP contribution in [0.1, 0.15) is 16.5 Å². The van der Waals surface area contributed by atoms with E-state index in [1.807, 2.05) is 11.4 Å². The largest absolute Gasteiger partial charge is 0.497 e. The van der Waals surface area contributed by atoms with Gasteiger partial charge in [-0.2, -0.15) is 0 Å². The maximum absolute atomic E-state index is 11.0. The van der Waals surface area contributed by atoms with Crippen LogP contribution >= 0.6 is 11.3 Å². The molecule has 1 atom stereocenters. The minimum atomic E-state index is -0.745. The van der Waals surface area contributed by atoms with E-state index in [2.05, 4.69) is 0 Å². The van der Waals surface area contributed by atoms with Gasteiger partial charge in [-0.25, -0.2) is 0 Å². The molecule has 2 rings (SSSR count). The van der Waals surface area contributed by atoms with Crippen LogP contribution in [-0.2, 0) is 6.42 Å². The van der Waals surface area contributed by atoms with Crippen molar-refractivity contribution in [1.29, 1.82) is 0 Å². The molecule has 0 aliphatic heterocycles. The Kier molecular flexibility index (Phi) is 4.13. The topological polar surface area (TPSA) is 72.6 Å². The lowest BCUT2D eigenvalue weighted by molar-refractivity contribution is -0.385. The molecule has 19 heavy (non-hydrogen) atoms. The van der Waals surface area contributed by atoms with Gasteiger partial charge in [-0.3, -0.25) is 10.1 Å². The molecule has 1 N–H and O–H groups in total. The van der Waals surface area contributed by atoms with Gasteiger partial charge in [0.2, 0.25) is 0 Å². The fourth-order valence-corrected chi connectivity index (χ4v) is 2.53. The summed E-state index contributed by atoms with van der Waals surface area (Å²) in [5.74, 6) is 0.541. The third-order valence-electron chi connectivity index (χ3n) is 2.77. The Hall–Kier alpha value is -1.92. The van der Waals surface area contributed by atoms with Crippen LogP contribution in [0, 0.1) is 10.1 Å². The summed E-state index contributed by atoms with van der Waals surface area (Å²) in [5, 5.41) is 22.9. The molecule has 0 saturated heterocycles. The molecule has 0 aliphatic carbocycles. The van der Waals surface area contributed by atoms with E-state index < -0.39 is 11.0 Å². The normalized spacial score (nSPS) is 12.1. The fourth-order valence-electron chi connectivity index (χ4n) is 1.82. The van der Waals surface area contributed by atoms with Crippen LogP contribution in [0.3, 0.4) is 0 Å². The van der Waals surface area contributed by atoms with E-state index in [-0.39, 0.29) is 12.1 Å². The second kappa shape index (κ2) is 5.81. The number of hydrogen-bond acceptors (Lipinski definition) is 5. The Morgan fingerprint density at radius 3 is 2.84 bits per heavy atom. The molecule has 0 spiro atoms. The first-order chi connectivity index (χ1) is 9.11. The van der Waals surface area contributed by atoms with E-state index in [1.165, 1.54) is 24.5 Å². The van der Waals surface area contributed by atoms with Crippen molar-refractivity contribution >= 4 is 17.0 Å². The molecule has 100 valence electrons. The summed E-state index contributed by atoms with van der Waals surface area (Å²) in [4.78, 5) is 11.3. The maximum Gasteiger partial charge on any atom is 0.272 e. The van der Waals surface area contributed by atoms with Crippen LogP contribution in [0.2, 0.25) is 0 Å². The van der Waals surface area contributed by atoms with Crippen LogP contribution in [0.25, 0.3) is 0 Å². The monoisotopic (exact) mass is 279 g/mol. The van der Waals surface area contributed by atoms with Crippen molar-refractivity contribution in [2.45, 2.75) is 12.5 Å². The Morgan fingerprint density at radius 2 is 2.26 bits per heavy atom. The predicted octanol–water partition coefficient (Wildman–Crippen LogP) is 2.94. The van der Waals surface area contributed by atoms with Crippen LogP contribution in [0.4, 0.5) is 5.69 Å². The Morgan fingerprint density at radius 1 is 1.47 bits per heavy atom. The number of nitro benzene ring substituents is 1. The van der Waals surface area contributed by atoms with Crippen molar-refractivity contribution in [2.24, 2.45) is 0 Å². The van der Waals surface area contributed by atoms with Crippen molar-refractivity contribution in [3.8, 4) is 5.75 Å². The minimum absolute atomic E-state index is 0.00333. The number of aliphatic hydroxyl groups is 1. The highest BCUT2D eigenvalue weighted by atomic mass is 32.1. The first-order valence-corrected chi connectivity index (χ1v) is 6.52. The second-order valence-corrected chi connectivity index (χ2v) is 4.97. The fraction of sp³-hybridized carbons (Fsp3) is 0.231. The zero-order valence-electron chi connectivity index (χ0n) is 10.3. The smallest absolute Gasteiger partial charge is 0.272 e. The molecule has 0 saturated carbocycles. The molecule has 1 unspecified atom stereocenters. The molecule has 0 aliphatic rings. The van der Waals surface area contributed by atoms with Crippen LogP contribution in [0.5, 0.6) is 5.75 Å². The highest BCUT2D eigenvalue weighted by molar-refractivity contribution is 7.10. The zero-order chi connectivity index (χ0) is 13.8. The van der Waals surface area contributed by atoms with Crippen LogP contribution in [-0.4, -0.2) is 17.1 Å². The lowest BCUT2D eigenvalue weighted by atomic mass is 10.0. The van der Waals surface area contributed by atoms with Crippen LogP contribution < -0.4 is 4.74 Å². The lowest BCUT2D eigenvalue weighted by Crippen LogP contribution is -2.03. The number of methoxy groups -OCH3 is 1. The molecular formula is C13H13NO4S. The van der Waals surface area contributed by atoms with Crippen molar-refractivity contribution in [2.75, 3.05) is 7.11 Å². The Bertz CT molecular complexity index is 568. The summed E-state index contributed by atoms with van der Waals surface area (Å²) in [6.45, 7) is 0. The minimum Gasteiger partial charge on any atom is -0.497 e. The van der Waals surface area contributed by atoms with Crippen molar-refractivity contribution < 1.29 is 14.8 Å². The number of nitrogens with zero attached hydrogens (tertiary/aromatic N) is 1. The Balaban J connectivity index is 2.29. The third kappa shape index (κ3) is 3.10. The van der Waals surface area contributed by atoms with E-state index >= 15 is 0 Å². The van der Waals surface area contributed by atoms with E-state index in [0.29, 0.717) is 11.3 Å².